The minimum absolute atomic E-state index is 0.251. The Kier molecular flexibility index (Phi) is 5.01. The van der Waals surface area contributed by atoms with E-state index in [9.17, 15) is 4.39 Å². The molecule has 100 valence electrons. The maximum absolute atomic E-state index is 14.0. The third-order valence-corrected chi connectivity index (χ3v) is 3.95. The fourth-order valence-corrected chi connectivity index (χ4v) is 3.24. The fourth-order valence-electron chi connectivity index (χ4n) is 1.98. The van der Waals surface area contributed by atoms with Crippen LogP contribution in [0.1, 0.15) is 17.2 Å². The Morgan fingerprint density at radius 2 is 1.84 bits per heavy atom. The lowest BCUT2D eigenvalue weighted by Gasteiger charge is -2.19. The van der Waals surface area contributed by atoms with Gasteiger partial charge in [0.25, 0.3) is 0 Å². The molecule has 0 saturated heterocycles. The molecule has 0 aliphatic rings. The van der Waals surface area contributed by atoms with Gasteiger partial charge in [0.05, 0.1) is 6.04 Å². The van der Waals surface area contributed by atoms with Gasteiger partial charge in [-0.15, -0.1) is 0 Å². The second-order valence-electron chi connectivity index (χ2n) is 4.09. The van der Waals surface area contributed by atoms with Crippen molar-refractivity contribution in [2.24, 2.45) is 0 Å². The highest BCUT2D eigenvalue weighted by Gasteiger charge is 2.17. The number of rotatable bonds is 3. The Morgan fingerprint density at radius 1 is 1.11 bits per heavy atom. The van der Waals surface area contributed by atoms with E-state index in [1.165, 1.54) is 6.07 Å². The maximum Gasteiger partial charge on any atom is 0.128 e. The molecule has 1 N–H and O–H groups in total. The quantitative estimate of drug-likeness (QED) is 0.727. The van der Waals surface area contributed by atoms with Crippen molar-refractivity contribution in [2.45, 2.75) is 6.04 Å². The van der Waals surface area contributed by atoms with E-state index in [0.29, 0.717) is 10.6 Å². The second kappa shape index (κ2) is 6.35. The Bertz CT molecular complexity index is 584. The van der Waals surface area contributed by atoms with Crippen molar-refractivity contribution in [3.63, 3.8) is 0 Å². The zero-order valence-corrected chi connectivity index (χ0v) is 14.0. The topological polar surface area (TPSA) is 12.0 Å². The zero-order chi connectivity index (χ0) is 14.0. The van der Waals surface area contributed by atoms with Gasteiger partial charge in [-0.25, -0.2) is 4.39 Å². The van der Waals surface area contributed by atoms with Gasteiger partial charge in [-0.05, 0) is 49.0 Å². The van der Waals surface area contributed by atoms with E-state index >= 15 is 0 Å². The highest BCUT2D eigenvalue weighted by atomic mass is 79.9. The summed E-state index contributed by atoms with van der Waals surface area (Å²) in [5.74, 6) is -0.251. The van der Waals surface area contributed by atoms with Crippen molar-refractivity contribution in [1.82, 2.24) is 5.32 Å². The van der Waals surface area contributed by atoms with Crippen LogP contribution >= 0.6 is 43.5 Å². The van der Waals surface area contributed by atoms with E-state index in [1.807, 2.05) is 12.1 Å². The first-order valence-corrected chi connectivity index (χ1v) is 7.56. The lowest BCUT2D eigenvalue weighted by Crippen LogP contribution is -2.19. The van der Waals surface area contributed by atoms with Gasteiger partial charge in [-0.1, -0.05) is 43.5 Å². The molecule has 0 aliphatic heterocycles. The molecule has 2 aromatic rings. The van der Waals surface area contributed by atoms with Crippen LogP contribution < -0.4 is 5.32 Å². The van der Waals surface area contributed by atoms with Crippen molar-refractivity contribution >= 4 is 43.5 Å². The first kappa shape index (κ1) is 15.0. The molecule has 0 spiro atoms. The standard InChI is InChI=1S/C14H11Br2ClFN/c1-19-14(8-4-10(16)6-11(17)5-8)12-7-9(15)2-3-13(12)18/h2-7,14,19H,1H3. The van der Waals surface area contributed by atoms with Crippen molar-refractivity contribution < 1.29 is 4.39 Å². The van der Waals surface area contributed by atoms with Crippen molar-refractivity contribution in [2.75, 3.05) is 7.05 Å². The average molecular weight is 408 g/mol. The highest BCUT2D eigenvalue weighted by molar-refractivity contribution is 9.10. The molecule has 19 heavy (non-hydrogen) atoms. The van der Waals surface area contributed by atoms with Crippen LogP contribution in [0.2, 0.25) is 5.02 Å². The summed E-state index contributed by atoms with van der Waals surface area (Å²) in [7, 11) is 1.79. The van der Waals surface area contributed by atoms with Crippen LogP contribution in [0.15, 0.2) is 45.3 Å². The van der Waals surface area contributed by atoms with Crippen molar-refractivity contribution in [3.05, 3.63) is 67.3 Å². The van der Waals surface area contributed by atoms with E-state index in [2.05, 4.69) is 37.2 Å². The fraction of sp³-hybridized carbons (Fsp3) is 0.143. The van der Waals surface area contributed by atoms with Gasteiger partial charge in [-0.2, -0.15) is 0 Å². The summed E-state index contributed by atoms with van der Waals surface area (Å²) in [5.41, 5.74) is 1.48. The summed E-state index contributed by atoms with van der Waals surface area (Å²) < 4.78 is 15.7. The molecule has 2 aromatic carbocycles. The predicted molar refractivity (Wildman–Crippen MR) is 84.2 cm³/mol. The molecule has 5 heteroatoms. The lowest BCUT2D eigenvalue weighted by atomic mass is 9.98. The molecule has 0 heterocycles. The van der Waals surface area contributed by atoms with Crippen LogP contribution in [0.3, 0.4) is 0 Å². The summed E-state index contributed by atoms with van der Waals surface area (Å²) in [6, 6.07) is 10.2. The van der Waals surface area contributed by atoms with Gasteiger partial charge in [0.2, 0.25) is 0 Å². The Hall–Kier alpha value is -0.420. The molecule has 0 saturated carbocycles. The summed E-state index contributed by atoms with van der Waals surface area (Å²) >= 11 is 12.8. The van der Waals surface area contributed by atoms with Crippen LogP contribution in [0.25, 0.3) is 0 Å². The SMILES string of the molecule is CNC(c1cc(Cl)cc(Br)c1)c1cc(Br)ccc1F. The molecule has 0 bridgehead atoms. The molecule has 1 unspecified atom stereocenters. The smallest absolute Gasteiger partial charge is 0.128 e. The third-order valence-electron chi connectivity index (χ3n) is 2.78. The molecule has 1 nitrogen and oxygen atoms in total. The van der Waals surface area contributed by atoms with Gasteiger partial charge in [-0.3, -0.25) is 0 Å². The zero-order valence-electron chi connectivity index (χ0n) is 10.1. The normalized spacial score (nSPS) is 12.5. The van der Waals surface area contributed by atoms with Gasteiger partial charge < -0.3 is 5.32 Å². The van der Waals surface area contributed by atoms with E-state index in [0.717, 1.165) is 14.5 Å². The van der Waals surface area contributed by atoms with E-state index in [1.54, 1.807) is 25.2 Å². The van der Waals surface area contributed by atoms with Crippen LogP contribution in [0.5, 0.6) is 0 Å². The summed E-state index contributed by atoms with van der Waals surface area (Å²) in [5, 5.41) is 3.73. The van der Waals surface area contributed by atoms with Crippen LogP contribution in [0.4, 0.5) is 4.39 Å². The summed E-state index contributed by atoms with van der Waals surface area (Å²) in [6.45, 7) is 0. The molecule has 0 fully saturated rings. The van der Waals surface area contributed by atoms with Crippen LogP contribution in [0, 0.1) is 5.82 Å². The number of nitrogens with one attached hydrogen (secondary N) is 1. The molecule has 0 aliphatic carbocycles. The second-order valence-corrected chi connectivity index (χ2v) is 6.36. The van der Waals surface area contributed by atoms with E-state index in [-0.39, 0.29) is 11.9 Å². The third kappa shape index (κ3) is 3.57. The lowest BCUT2D eigenvalue weighted by molar-refractivity contribution is 0.575. The number of benzene rings is 2. The van der Waals surface area contributed by atoms with Gasteiger partial charge in [0, 0.05) is 19.5 Å². The van der Waals surface area contributed by atoms with Gasteiger partial charge in [0.15, 0.2) is 0 Å². The monoisotopic (exact) mass is 405 g/mol. The first-order valence-electron chi connectivity index (χ1n) is 5.59. The molecule has 0 amide bonds. The molecular formula is C14H11Br2ClFN. The van der Waals surface area contributed by atoms with E-state index in [4.69, 9.17) is 11.6 Å². The largest absolute Gasteiger partial charge is 0.309 e. The minimum Gasteiger partial charge on any atom is -0.309 e. The Morgan fingerprint density at radius 3 is 2.47 bits per heavy atom. The Balaban J connectivity index is 2.52. The molecule has 0 aromatic heterocycles. The number of hydrogen-bond acceptors (Lipinski definition) is 1. The summed E-state index contributed by atoms with van der Waals surface area (Å²) in [6.07, 6.45) is 0. The van der Waals surface area contributed by atoms with Crippen molar-refractivity contribution in [1.29, 1.82) is 0 Å². The number of hydrogen-bond donors (Lipinski definition) is 1. The van der Waals surface area contributed by atoms with Crippen LogP contribution in [-0.2, 0) is 0 Å². The molecule has 1 atom stereocenters. The van der Waals surface area contributed by atoms with Crippen LogP contribution in [-0.4, -0.2) is 7.05 Å². The van der Waals surface area contributed by atoms with E-state index < -0.39 is 0 Å². The van der Waals surface area contributed by atoms with Gasteiger partial charge >= 0.3 is 0 Å². The van der Waals surface area contributed by atoms with Crippen molar-refractivity contribution in [3.8, 4) is 0 Å². The first-order chi connectivity index (χ1) is 9.01. The molecule has 2 rings (SSSR count). The highest BCUT2D eigenvalue weighted by Crippen LogP contribution is 2.30. The predicted octanol–water partition coefficient (Wildman–Crippen LogP) is 5.31. The minimum atomic E-state index is -0.257. The molecule has 0 radical (unpaired) electrons. The average Bonchev–Trinajstić information content (AvgIpc) is 2.33. The molecular weight excluding hydrogens is 396 g/mol. The number of halogens is 4. The Labute approximate surface area is 133 Å². The maximum atomic E-state index is 14.0. The van der Waals surface area contributed by atoms with Gasteiger partial charge in [0.1, 0.15) is 5.82 Å². The summed E-state index contributed by atoms with van der Waals surface area (Å²) in [4.78, 5) is 0.